The van der Waals surface area contributed by atoms with Crippen LogP contribution in [0.15, 0.2) is 88.9 Å². The maximum atomic E-state index is 13.3. The molecule has 0 aromatic heterocycles. The third-order valence-corrected chi connectivity index (χ3v) is 6.62. The van der Waals surface area contributed by atoms with Gasteiger partial charge in [0.15, 0.2) is 0 Å². The van der Waals surface area contributed by atoms with Crippen LogP contribution >= 0.6 is 0 Å². The van der Waals surface area contributed by atoms with E-state index >= 15 is 0 Å². The molecule has 9 nitrogen and oxygen atoms in total. The van der Waals surface area contributed by atoms with Crippen LogP contribution in [-0.2, 0) is 14.8 Å². The Labute approximate surface area is 191 Å². The van der Waals surface area contributed by atoms with Crippen LogP contribution in [0.1, 0.15) is 18.1 Å². The topological polar surface area (TPSA) is 122 Å². The summed E-state index contributed by atoms with van der Waals surface area (Å²) in [6.45, 7) is 2.90. The van der Waals surface area contributed by atoms with Crippen molar-refractivity contribution in [1.29, 1.82) is 0 Å². The Morgan fingerprint density at radius 2 is 1.61 bits per heavy atom. The number of rotatable bonds is 8. The molecule has 0 aliphatic rings. The third-order valence-electron chi connectivity index (χ3n) is 4.85. The quantitative estimate of drug-likeness (QED) is 0.309. The molecule has 0 fully saturated rings. The third kappa shape index (κ3) is 5.60. The zero-order chi connectivity index (χ0) is 24.0. The van der Waals surface area contributed by atoms with Gasteiger partial charge >= 0.3 is 0 Å². The van der Waals surface area contributed by atoms with Gasteiger partial charge < -0.3 is 0 Å². The number of hydrogen-bond acceptors (Lipinski definition) is 6. The first-order valence-corrected chi connectivity index (χ1v) is 11.4. The second-order valence-corrected chi connectivity index (χ2v) is 9.01. The number of aryl methyl sites for hydroxylation is 1. The summed E-state index contributed by atoms with van der Waals surface area (Å²) >= 11 is 0. The number of nitrogens with zero attached hydrogens (tertiary/aromatic N) is 3. The van der Waals surface area contributed by atoms with Gasteiger partial charge in [-0.25, -0.2) is 13.8 Å². The van der Waals surface area contributed by atoms with E-state index in [0.717, 1.165) is 4.31 Å². The van der Waals surface area contributed by atoms with Crippen molar-refractivity contribution >= 4 is 33.0 Å². The number of hydrogen-bond donors (Lipinski definition) is 1. The van der Waals surface area contributed by atoms with Crippen LogP contribution in [0.4, 0.5) is 11.4 Å². The molecule has 0 saturated heterocycles. The lowest BCUT2D eigenvalue weighted by atomic mass is 10.1. The van der Waals surface area contributed by atoms with E-state index in [2.05, 4.69) is 10.5 Å². The molecule has 0 heterocycles. The van der Waals surface area contributed by atoms with Gasteiger partial charge in [0.2, 0.25) is 0 Å². The highest BCUT2D eigenvalue weighted by Crippen LogP contribution is 2.26. The van der Waals surface area contributed by atoms with Crippen LogP contribution in [0.25, 0.3) is 0 Å². The van der Waals surface area contributed by atoms with Crippen molar-refractivity contribution in [2.45, 2.75) is 18.7 Å². The minimum atomic E-state index is -4.02. The Morgan fingerprint density at radius 3 is 2.21 bits per heavy atom. The first-order chi connectivity index (χ1) is 15.7. The van der Waals surface area contributed by atoms with E-state index in [0.29, 0.717) is 22.5 Å². The Morgan fingerprint density at radius 1 is 1.00 bits per heavy atom. The van der Waals surface area contributed by atoms with Crippen molar-refractivity contribution in [3.05, 3.63) is 100 Å². The van der Waals surface area contributed by atoms with E-state index in [1.54, 1.807) is 56.3 Å². The fourth-order valence-corrected chi connectivity index (χ4v) is 4.57. The Balaban J connectivity index is 1.84. The summed E-state index contributed by atoms with van der Waals surface area (Å²) in [5, 5.41) is 14.8. The summed E-state index contributed by atoms with van der Waals surface area (Å²) in [5.41, 5.74) is 4.37. The molecule has 170 valence electrons. The zero-order valence-corrected chi connectivity index (χ0v) is 18.8. The summed E-state index contributed by atoms with van der Waals surface area (Å²) in [4.78, 5) is 23.0. The molecule has 0 aliphatic heterocycles. The second kappa shape index (κ2) is 10.0. The predicted molar refractivity (Wildman–Crippen MR) is 126 cm³/mol. The molecule has 0 aliphatic carbocycles. The molecule has 0 spiro atoms. The largest absolute Gasteiger partial charge is 0.271 e. The number of amides is 1. The van der Waals surface area contributed by atoms with Gasteiger partial charge in [0.05, 0.1) is 21.2 Å². The molecule has 1 amide bonds. The standard InChI is InChI=1S/C23H22N4O5S/c1-17-8-6-7-11-22(17)26(33(31,32)21-9-4-3-5-10-21)16-23(28)25-24-18(2)19-12-14-20(15-13-19)27(29)30/h3-15H,16H2,1-2H3,(H,25,28)/b24-18+. The molecule has 3 rings (SSSR count). The number of carbonyl (C=O) groups is 1. The molecule has 33 heavy (non-hydrogen) atoms. The minimum Gasteiger partial charge on any atom is -0.271 e. The Bertz CT molecular complexity index is 1290. The minimum absolute atomic E-state index is 0.0597. The summed E-state index contributed by atoms with van der Waals surface area (Å²) in [6, 6.07) is 20.4. The van der Waals surface area contributed by atoms with E-state index in [1.807, 2.05) is 0 Å². The van der Waals surface area contributed by atoms with E-state index < -0.39 is 27.4 Å². The molecule has 1 N–H and O–H groups in total. The van der Waals surface area contributed by atoms with Crippen molar-refractivity contribution in [1.82, 2.24) is 5.43 Å². The van der Waals surface area contributed by atoms with Crippen LogP contribution in [0.2, 0.25) is 0 Å². The smallest absolute Gasteiger partial charge is 0.269 e. The van der Waals surface area contributed by atoms with E-state index in [9.17, 15) is 23.3 Å². The molecule has 0 radical (unpaired) electrons. The summed E-state index contributed by atoms with van der Waals surface area (Å²) < 4.78 is 27.7. The van der Waals surface area contributed by atoms with Crippen molar-refractivity contribution < 1.29 is 18.1 Å². The molecule has 0 saturated carbocycles. The van der Waals surface area contributed by atoms with Gasteiger partial charge in [-0.1, -0.05) is 36.4 Å². The average Bonchev–Trinajstić information content (AvgIpc) is 2.82. The van der Waals surface area contributed by atoms with Crippen molar-refractivity contribution in [2.75, 3.05) is 10.8 Å². The molecule has 0 unspecified atom stereocenters. The first kappa shape index (κ1) is 23.6. The predicted octanol–water partition coefficient (Wildman–Crippen LogP) is 3.64. The van der Waals surface area contributed by atoms with Gasteiger partial charge in [-0.15, -0.1) is 0 Å². The maximum Gasteiger partial charge on any atom is 0.269 e. The van der Waals surface area contributed by atoms with Crippen molar-refractivity contribution in [2.24, 2.45) is 5.10 Å². The molecule has 3 aromatic carbocycles. The number of sulfonamides is 1. The lowest BCUT2D eigenvalue weighted by Gasteiger charge is -2.25. The number of anilines is 1. The van der Waals surface area contributed by atoms with Crippen LogP contribution in [0.3, 0.4) is 0 Å². The highest BCUT2D eigenvalue weighted by Gasteiger charge is 2.28. The van der Waals surface area contributed by atoms with Gasteiger partial charge in [0, 0.05) is 12.1 Å². The molecule has 3 aromatic rings. The van der Waals surface area contributed by atoms with Crippen LogP contribution in [0.5, 0.6) is 0 Å². The highest BCUT2D eigenvalue weighted by molar-refractivity contribution is 7.92. The molecule has 10 heteroatoms. The summed E-state index contributed by atoms with van der Waals surface area (Å²) in [5.74, 6) is -0.640. The Kier molecular flexibility index (Phi) is 7.19. The number of nitrogens with one attached hydrogen (secondary N) is 1. The van der Waals surface area contributed by atoms with Gasteiger partial charge in [0.25, 0.3) is 21.6 Å². The number of non-ortho nitro benzene ring substituents is 1. The second-order valence-electron chi connectivity index (χ2n) is 7.15. The number of benzene rings is 3. The van der Waals surface area contributed by atoms with Gasteiger partial charge in [-0.3, -0.25) is 19.2 Å². The molecular formula is C23H22N4O5S. The molecule has 0 atom stereocenters. The number of para-hydroxylation sites is 1. The lowest BCUT2D eigenvalue weighted by Crippen LogP contribution is -2.40. The fourth-order valence-electron chi connectivity index (χ4n) is 3.06. The van der Waals surface area contributed by atoms with Crippen LogP contribution < -0.4 is 9.73 Å². The van der Waals surface area contributed by atoms with Gasteiger partial charge in [-0.2, -0.15) is 5.10 Å². The number of nitro groups is 1. The zero-order valence-electron chi connectivity index (χ0n) is 18.0. The fraction of sp³-hybridized carbons (Fsp3) is 0.130. The summed E-state index contributed by atoms with van der Waals surface area (Å²) in [7, 11) is -4.02. The van der Waals surface area contributed by atoms with E-state index in [-0.39, 0.29) is 10.6 Å². The Hall–Kier alpha value is -4.05. The maximum absolute atomic E-state index is 13.3. The normalized spacial score (nSPS) is 11.6. The summed E-state index contributed by atoms with van der Waals surface area (Å²) in [6.07, 6.45) is 0. The van der Waals surface area contributed by atoms with E-state index in [1.165, 1.54) is 36.4 Å². The number of carbonyl (C=O) groups excluding carboxylic acids is 1. The average molecular weight is 467 g/mol. The lowest BCUT2D eigenvalue weighted by molar-refractivity contribution is -0.384. The molecular weight excluding hydrogens is 444 g/mol. The highest BCUT2D eigenvalue weighted by atomic mass is 32.2. The number of nitro benzene ring substituents is 1. The van der Waals surface area contributed by atoms with Crippen molar-refractivity contribution in [3.63, 3.8) is 0 Å². The first-order valence-electron chi connectivity index (χ1n) is 9.91. The SMILES string of the molecule is C/C(=N\NC(=O)CN(c1ccccc1C)S(=O)(=O)c1ccccc1)c1ccc([N+](=O)[O-])cc1. The van der Waals surface area contributed by atoms with Crippen LogP contribution in [0, 0.1) is 17.0 Å². The van der Waals surface area contributed by atoms with Crippen LogP contribution in [-0.4, -0.2) is 31.5 Å². The van der Waals surface area contributed by atoms with Crippen molar-refractivity contribution in [3.8, 4) is 0 Å². The molecule has 0 bridgehead atoms. The number of hydrazone groups is 1. The van der Waals surface area contributed by atoms with Gasteiger partial charge in [0.1, 0.15) is 6.54 Å². The van der Waals surface area contributed by atoms with E-state index in [4.69, 9.17) is 0 Å². The van der Waals surface area contributed by atoms with Gasteiger partial charge in [-0.05, 0) is 55.3 Å². The monoisotopic (exact) mass is 466 g/mol.